The number of nitro benzene ring substituents is 1. The summed E-state index contributed by atoms with van der Waals surface area (Å²) in [6.07, 6.45) is 0. The molecule has 0 saturated carbocycles. The van der Waals surface area contributed by atoms with E-state index in [1.54, 1.807) is 0 Å². The second-order valence-electron chi connectivity index (χ2n) is 3.88. The number of benzene rings is 2. The van der Waals surface area contributed by atoms with Crippen molar-refractivity contribution >= 4 is 27.6 Å². The molecular weight excluding hydrogens is 352 g/mol. The minimum absolute atomic E-state index is 0.421. The van der Waals surface area contributed by atoms with Crippen molar-refractivity contribution in [3.8, 4) is 5.75 Å². The zero-order chi connectivity index (χ0) is 15.6. The Kier molecular flexibility index (Phi) is 4.27. The number of hydrogen-bond donors (Lipinski definition) is 0. The molecule has 0 atom stereocenters. The Morgan fingerprint density at radius 3 is 2.57 bits per heavy atom. The third-order valence-corrected chi connectivity index (χ3v) is 2.96. The summed E-state index contributed by atoms with van der Waals surface area (Å²) < 4.78 is 31.8. The fraction of sp³-hybridized carbons (Fsp3) is 0. The van der Waals surface area contributed by atoms with Crippen molar-refractivity contribution in [2.24, 2.45) is 0 Å². The number of ether oxygens (including phenoxy) is 1. The third kappa shape index (κ3) is 3.40. The number of nitrogens with zero attached hydrogens (tertiary/aromatic N) is 1. The van der Waals surface area contributed by atoms with Crippen LogP contribution in [0.2, 0.25) is 0 Å². The number of carbonyl (C=O) groups is 1. The number of esters is 1. The van der Waals surface area contributed by atoms with Gasteiger partial charge < -0.3 is 4.74 Å². The van der Waals surface area contributed by atoms with E-state index in [1.165, 1.54) is 6.07 Å². The van der Waals surface area contributed by atoms with Gasteiger partial charge in [-0.15, -0.1) is 0 Å². The first-order valence-electron chi connectivity index (χ1n) is 5.49. The van der Waals surface area contributed by atoms with Gasteiger partial charge >= 0.3 is 11.7 Å². The molecular formula is C13H6BrF2NO4. The van der Waals surface area contributed by atoms with Gasteiger partial charge in [-0.25, -0.2) is 13.6 Å². The van der Waals surface area contributed by atoms with Crippen LogP contribution in [0.25, 0.3) is 0 Å². The highest BCUT2D eigenvalue weighted by molar-refractivity contribution is 9.10. The molecule has 0 radical (unpaired) electrons. The Balaban J connectivity index is 2.38. The first kappa shape index (κ1) is 15.0. The van der Waals surface area contributed by atoms with Crippen LogP contribution >= 0.6 is 15.9 Å². The first-order chi connectivity index (χ1) is 9.88. The predicted octanol–water partition coefficient (Wildman–Crippen LogP) is 3.85. The van der Waals surface area contributed by atoms with Crippen LogP contribution in [-0.2, 0) is 0 Å². The van der Waals surface area contributed by atoms with Crippen molar-refractivity contribution in [2.75, 3.05) is 0 Å². The van der Waals surface area contributed by atoms with Gasteiger partial charge in [-0.05, 0) is 24.3 Å². The summed E-state index contributed by atoms with van der Waals surface area (Å²) in [7, 11) is 0. The largest absolute Gasteiger partial charge is 0.415 e. The molecule has 108 valence electrons. The lowest BCUT2D eigenvalue weighted by molar-refractivity contribution is -0.385. The molecule has 5 nitrogen and oxygen atoms in total. The molecule has 2 aromatic rings. The second-order valence-corrected chi connectivity index (χ2v) is 4.80. The summed E-state index contributed by atoms with van der Waals surface area (Å²) in [5.74, 6) is -3.44. The topological polar surface area (TPSA) is 69.4 Å². The maximum atomic E-state index is 13.5. The van der Waals surface area contributed by atoms with Crippen LogP contribution in [0, 0.1) is 21.7 Å². The van der Waals surface area contributed by atoms with Crippen LogP contribution in [0.5, 0.6) is 5.75 Å². The quantitative estimate of drug-likeness (QED) is 0.362. The maximum absolute atomic E-state index is 13.5. The van der Waals surface area contributed by atoms with E-state index >= 15 is 0 Å². The maximum Gasteiger partial charge on any atom is 0.346 e. The van der Waals surface area contributed by atoms with Crippen molar-refractivity contribution in [3.63, 3.8) is 0 Å². The summed E-state index contributed by atoms with van der Waals surface area (Å²) >= 11 is 3.06. The highest BCUT2D eigenvalue weighted by Crippen LogP contribution is 2.28. The molecule has 0 spiro atoms. The summed E-state index contributed by atoms with van der Waals surface area (Å²) in [6.45, 7) is 0. The molecule has 2 aromatic carbocycles. The molecule has 0 heterocycles. The molecule has 0 aromatic heterocycles. The van der Waals surface area contributed by atoms with E-state index in [-0.39, 0.29) is 0 Å². The van der Waals surface area contributed by atoms with E-state index in [1.807, 2.05) is 0 Å². The van der Waals surface area contributed by atoms with Crippen molar-refractivity contribution in [3.05, 3.63) is 68.2 Å². The van der Waals surface area contributed by atoms with Gasteiger partial charge in [0.2, 0.25) is 5.75 Å². The Hall–Kier alpha value is -2.35. The van der Waals surface area contributed by atoms with Gasteiger partial charge in [0.05, 0.1) is 10.5 Å². The van der Waals surface area contributed by atoms with Gasteiger partial charge in [-0.2, -0.15) is 0 Å². The highest BCUT2D eigenvalue weighted by atomic mass is 79.9. The minimum Gasteiger partial charge on any atom is -0.415 e. The molecule has 0 N–H and O–H groups in total. The van der Waals surface area contributed by atoms with Crippen LogP contribution in [0.4, 0.5) is 14.5 Å². The van der Waals surface area contributed by atoms with E-state index in [0.717, 1.165) is 24.3 Å². The average molecular weight is 358 g/mol. The molecule has 0 aliphatic heterocycles. The van der Waals surface area contributed by atoms with Crippen molar-refractivity contribution < 1.29 is 23.2 Å². The average Bonchev–Trinajstić information content (AvgIpc) is 2.41. The van der Waals surface area contributed by atoms with E-state index in [9.17, 15) is 23.7 Å². The third-order valence-electron chi connectivity index (χ3n) is 2.47. The standard InChI is InChI=1S/C13H6BrF2NO4/c14-7-1-3-10(16)9(5-7)13(18)21-12-6-8(15)2-4-11(12)17(19)20/h1-6H. The van der Waals surface area contributed by atoms with Crippen molar-refractivity contribution in [1.82, 2.24) is 0 Å². The summed E-state index contributed by atoms with van der Waals surface area (Å²) in [6, 6.07) is 5.95. The second kappa shape index (κ2) is 5.96. The molecule has 21 heavy (non-hydrogen) atoms. The van der Waals surface area contributed by atoms with Crippen LogP contribution < -0.4 is 4.74 Å². The number of halogens is 3. The Bertz CT molecular complexity index is 736. The lowest BCUT2D eigenvalue weighted by atomic mass is 10.2. The number of rotatable bonds is 3. The normalized spacial score (nSPS) is 10.2. The van der Waals surface area contributed by atoms with Crippen LogP contribution in [0.15, 0.2) is 40.9 Å². The molecule has 0 fully saturated rings. The molecule has 0 bridgehead atoms. The Labute approximate surface area is 125 Å². The lowest BCUT2D eigenvalue weighted by Crippen LogP contribution is -2.12. The smallest absolute Gasteiger partial charge is 0.346 e. The van der Waals surface area contributed by atoms with Crippen LogP contribution in [0.3, 0.4) is 0 Å². The molecule has 0 aliphatic rings. The van der Waals surface area contributed by atoms with Gasteiger partial charge in [0.25, 0.3) is 0 Å². The number of hydrogen-bond acceptors (Lipinski definition) is 4. The van der Waals surface area contributed by atoms with Crippen molar-refractivity contribution in [2.45, 2.75) is 0 Å². The van der Waals surface area contributed by atoms with Gasteiger partial charge in [0.1, 0.15) is 11.6 Å². The van der Waals surface area contributed by atoms with E-state index in [4.69, 9.17) is 4.74 Å². The van der Waals surface area contributed by atoms with Gasteiger partial charge in [-0.3, -0.25) is 10.1 Å². The lowest BCUT2D eigenvalue weighted by Gasteiger charge is -2.06. The van der Waals surface area contributed by atoms with Crippen LogP contribution in [0.1, 0.15) is 10.4 Å². The first-order valence-corrected chi connectivity index (χ1v) is 6.29. The molecule has 8 heteroatoms. The monoisotopic (exact) mass is 357 g/mol. The fourth-order valence-electron chi connectivity index (χ4n) is 1.53. The Morgan fingerprint density at radius 2 is 1.90 bits per heavy atom. The molecule has 0 amide bonds. The minimum atomic E-state index is -1.16. The summed E-state index contributed by atoms with van der Waals surface area (Å²) in [5.41, 5.74) is -1.02. The van der Waals surface area contributed by atoms with E-state index < -0.39 is 39.5 Å². The van der Waals surface area contributed by atoms with Gasteiger partial charge in [-0.1, -0.05) is 15.9 Å². The SMILES string of the molecule is O=C(Oc1cc(F)ccc1[N+](=O)[O-])c1cc(Br)ccc1F. The van der Waals surface area contributed by atoms with Crippen LogP contribution in [-0.4, -0.2) is 10.9 Å². The highest BCUT2D eigenvalue weighted by Gasteiger charge is 2.21. The Morgan fingerprint density at radius 1 is 1.19 bits per heavy atom. The fourth-order valence-corrected chi connectivity index (χ4v) is 1.89. The van der Waals surface area contributed by atoms with Crippen molar-refractivity contribution in [1.29, 1.82) is 0 Å². The number of carbonyl (C=O) groups excluding carboxylic acids is 1. The van der Waals surface area contributed by atoms with E-state index in [2.05, 4.69) is 15.9 Å². The van der Waals surface area contributed by atoms with Gasteiger partial charge in [0, 0.05) is 16.6 Å². The van der Waals surface area contributed by atoms with Gasteiger partial charge in [0.15, 0.2) is 0 Å². The van der Waals surface area contributed by atoms with E-state index in [0.29, 0.717) is 10.5 Å². The molecule has 2 rings (SSSR count). The predicted molar refractivity (Wildman–Crippen MR) is 72.1 cm³/mol. The number of nitro groups is 1. The zero-order valence-corrected chi connectivity index (χ0v) is 11.8. The molecule has 0 aliphatic carbocycles. The summed E-state index contributed by atoms with van der Waals surface area (Å²) in [5, 5.41) is 10.8. The summed E-state index contributed by atoms with van der Waals surface area (Å²) in [4.78, 5) is 21.8. The molecule has 0 saturated heterocycles. The molecule has 0 unspecified atom stereocenters. The zero-order valence-electron chi connectivity index (χ0n) is 10.2.